The SMILES string of the molecule is COc1ccc(N)cc1.COc1ccc(N)cc1. The average molecular weight is 246 g/mol. The molecule has 18 heavy (non-hydrogen) atoms. The van der Waals surface area contributed by atoms with Crippen LogP contribution in [0.4, 0.5) is 11.4 Å². The van der Waals surface area contributed by atoms with Crippen LogP contribution < -0.4 is 20.9 Å². The zero-order chi connectivity index (χ0) is 13.4. The Kier molecular flexibility index (Phi) is 5.38. The highest BCUT2D eigenvalue weighted by Crippen LogP contribution is 2.12. The fourth-order valence-electron chi connectivity index (χ4n) is 1.21. The Morgan fingerprint density at radius 1 is 0.611 bits per heavy atom. The summed E-state index contributed by atoms with van der Waals surface area (Å²) in [6, 6.07) is 14.5. The molecule has 0 spiro atoms. The molecule has 0 bridgehead atoms. The van der Waals surface area contributed by atoms with Crippen LogP contribution in [0.2, 0.25) is 0 Å². The van der Waals surface area contributed by atoms with Gasteiger partial charge in [-0.1, -0.05) is 0 Å². The number of nitrogen functional groups attached to an aromatic ring is 2. The molecule has 2 rings (SSSR count). The molecule has 0 radical (unpaired) electrons. The number of benzene rings is 2. The molecule has 0 aliphatic rings. The van der Waals surface area contributed by atoms with Gasteiger partial charge in [-0.3, -0.25) is 0 Å². The van der Waals surface area contributed by atoms with Gasteiger partial charge < -0.3 is 20.9 Å². The molecule has 0 saturated heterocycles. The van der Waals surface area contributed by atoms with Crippen molar-refractivity contribution in [2.24, 2.45) is 0 Å². The zero-order valence-corrected chi connectivity index (χ0v) is 10.6. The predicted molar refractivity (Wildman–Crippen MR) is 74.8 cm³/mol. The van der Waals surface area contributed by atoms with Gasteiger partial charge in [0.25, 0.3) is 0 Å². The van der Waals surface area contributed by atoms with Gasteiger partial charge >= 0.3 is 0 Å². The van der Waals surface area contributed by atoms with Crippen LogP contribution in [-0.2, 0) is 0 Å². The van der Waals surface area contributed by atoms with E-state index in [4.69, 9.17) is 20.9 Å². The lowest BCUT2D eigenvalue weighted by Gasteiger charge is -1.97. The lowest BCUT2D eigenvalue weighted by molar-refractivity contribution is 0.415. The van der Waals surface area contributed by atoms with Crippen LogP contribution in [0.15, 0.2) is 48.5 Å². The summed E-state index contributed by atoms with van der Waals surface area (Å²) in [6.07, 6.45) is 0. The van der Waals surface area contributed by atoms with Gasteiger partial charge in [0.15, 0.2) is 0 Å². The van der Waals surface area contributed by atoms with Gasteiger partial charge in [0, 0.05) is 11.4 Å². The molecule has 0 fully saturated rings. The van der Waals surface area contributed by atoms with Crippen molar-refractivity contribution in [3.63, 3.8) is 0 Å². The molecule has 0 aromatic heterocycles. The largest absolute Gasteiger partial charge is 0.497 e. The molecule has 0 aliphatic carbocycles. The second kappa shape index (κ2) is 7.06. The summed E-state index contributed by atoms with van der Waals surface area (Å²) in [7, 11) is 3.26. The van der Waals surface area contributed by atoms with Crippen LogP contribution in [0.3, 0.4) is 0 Å². The minimum atomic E-state index is 0.760. The summed E-state index contributed by atoms with van der Waals surface area (Å²) in [5, 5.41) is 0. The summed E-state index contributed by atoms with van der Waals surface area (Å²) in [6.45, 7) is 0. The van der Waals surface area contributed by atoms with Gasteiger partial charge in [-0.2, -0.15) is 0 Å². The quantitative estimate of drug-likeness (QED) is 0.799. The van der Waals surface area contributed by atoms with E-state index in [1.165, 1.54) is 0 Å². The van der Waals surface area contributed by atoms with E-state index in [2.05, 4.69) is 0 Å². The normalized spacial score (nSPS) is 9.00. The van der Waals surface area contributed by atoms with E-state index < -0.39 is 0 Å². The molecule has 96 valence electrons. The number of hydrogen-bond acceptors (Lipinski definition) is 4. The zero-order valence-electron chi connectivity index (χ0n) is 10.6. The third-order valence-corrected chi connectivity index (χ3v) is 2.23. The Morgan fingerprint density at radius 2 is 0.889 bits per heavy atom. The van der Waals surface area contributed by atoms with Crippen LogP contribution in [0, 0.1) is 0 Å². The van der Waals surface area contributed by atoms with Crippen LogP contribution in [0.1, 0.15) is 0 Å². The molecule has 0 saturated carbocycles. The van der Waals surface area contributed by atoms with Crippen LogP contribution >= 0.6 is 0 Å². The van der Waals surface area contributed by atoms with E-state index in [0.29, 0.717) is 0 Å². The predicted octanol–water partition coefficient (Wildman–Crippen LogP) is 2.55. The number of anilines is 2. The minimum absolute atomic E-state index is 0.760. The Bertz CT molecular complexity index is 407. The highest BCUT2D eigenvalue weighted by Gasteiger charge is 1.86. The second-order valence-corrected chi connectivity index (χ2v) is 3.55. The molecule has 4 nitrogen and oxygen atoms in total. The molecular weight excluding hydrogens is 228 g/mol. The van der Waals surface area contributed by atoms with Gasteiger partial charge in [0.05, 0.1) is 14.2 Å². The van der Waals surface area contributed by atoms with Crippen LogP contribution in [0.25, 0.3) is 0 Å². The Morgan fingerprint density at radius 3 is 1.11 bits per heavy atom. The van der Waals surface area contributed by atoms with Gasteiger partial charge in [0.1, 0.15) is 11.5 Å². The van der Waals surface area contributed by atoms with Crippen molar-refractivity contribution in [1.29, 1.82) is 0 Å². The van der Waals surface area contributed by atoms with E-state index in [0.717, 1.165) is 22.9 Å². The van der Waals surface area contributed by atoms with Crippen molar-refractivity contribution < 1.29 is 9.47 Å². The fraction of sp³-hybridized carbons (Fsp3) is 0.143. The highest BCUT2D eigenvalue weighted by atomic mass is 16.5. The third-order valence-electron chi connectivity index (χ3n) is 2.23. The van der Waals surface area contributed by atoms with Crippen molar-refractivity contribution in [3.05, 3.63) is 48.5 Å². The van der Waals surface area contributed by atoms with E-state index in [-0.39, 0.29) is 0 Å². The standard InChI is InChI=1S/2C7H9NO/c2*1-9-7-4-2-6(8)3-5-7/h2*2-5H,8H2,1H3. The van der Waals surface area contributed by atoms with Gasteiger partial charge in [-0.15, -0.1) is 0 Å². The summed E-state index contributed by atoms with van der Waals surface area (Å²) in [5.74, 6) is 1.67. The molecule has 4 heteroatoms. The average Bonchev–Trinajstić information content (AvgIpc) is 2.41. The van der Waals surface area contributed by atoms with Crippen molar-refractivity contribution in [2.75, 3.05) is 25.7 Å². The van der Waals surface area contributed by atoms with Crippen molar-refractivity contribution in [1.82, 2.24) is 0 Å². The second-order valence-electron chi connectivity index (χ2n) is 3.55. The molecular formula is C14H18N2O2. The molecule has 0 aliphatic heterocycles. The first kappa shape index (κ1) is 13.7. The van der Waals surface area contributed by atoms with Crippen LogP contribution in [0.5, 0.6) is 11.5 Å². The van der Waals surface area contributed by atoms with Crippen LogP contribution in [-0.4, -0.2) is 14.2 Å². The number of methoxy groups -OCH3 is 2. The summed E-state index contributed by atoms with van der Waals surface area (Å²) < 4.78 is 9.83. The first-order valence-corrected chi connectivity index (χ1v) is 5.44. The van der Waals surface area contributed by atoms with Crippen molar-refractivity contribution >= 4 is 11.4 Å². The molecule has 4 N–H and O–H groups in total. The smallest absolute Gasteiger partial charge is 0.119 e. The van der Waals surface area contributed by atoms with E-state index >= 15 is 0 Å². The highest BCUT2D eigenvalue weighted by molar-refractivity contribution is 5.42. The number of hydrogen-bond donors (Lipinski definition) is 2. The maximum absolute atomic E-state index is 5.43. The monoisotopic (exact) mass is 246 g/mol. The van der Waals surface area contributed by atoms with E-state index in [9.17, 15) is 0 Å². The van der Waals surface area contributed by atoms with Gasteiger partial charge in [-0.25, -0.2) is 0 Å². The minimum Gasteiger partial charge on any atom is -0.497 e. The molecule has 0 atom stereocenters. The van der Waals surface area contributed by atoms with Crippen molar-refractivity contribution in [3.8, 4) is 11.5 Å². The fourth-order valence-corrected chi connectivity index (χ4v) is 1.21. The lowest BCUT2D eigenvalue weighted by Crippen LogP contribution is -1.84. The first-order valence-electron chi connectivity index (χ1n) is 5.44. The van der Waals surface area contributed by atoms with E-state index in [1.54, 1.807) is 38.5 Å². The number of nitrogens with two attached hydrogens (primary N) is 2. The summed E-state index contributed by atoms with van der Waals surface area (Å²) >= 11 is 0. The first-order chi connectivity index (χ1) is 8.65. The summed E-state index contributed by atoms with van der Waals surface area (Å²) in [5.41, 5.74) is 12.4. The maximum atomic E-state index is 5.43. The summed E-state index contributed by atoms with van der Waals surface area (Å²) in [4.78, 5) is 0. The Hall–Kier alpha value is -2.36. The maximum Gasteiger partial charge on any atom is 0.119 e. The topological polar surface area (TPSA) is 70.5 Å². The van der Waals surface area contributed by atoms with E-state index in [1.807, 2.05) is 24.3 Å². The molecule has 2 aromatic rings. The molecule has 0 unspecified atom stereocenters. The number of ether oxygens (including phenoxy) is 2. The molecule has 2 aromatic carbocycles. The number of rotatable bonds is 2. The van der Waals surface area contributed by atoms with Gasteiger partial charge in [0.2, 0.25) is 0 Å². The Labute approximate surface area is 107 Å². The van der Waals surface area contributed by atoms with Crippen molar-refractivity contribution in [2.45, 2.75) is 0 Å². The third kappa shape index (κ3) is 4.65. The molecule has 0 heterocycles. The van der Waals surface area contributed by atoms with Gasteiger partial charge in [-0.05, 0) is 48.5 Å². The molecule has 0 amide bonds. The lowest BCUT2D eigenvalue weighted by atomic mass is 10.3. The Balaban J connectivity index is 0.000000180.